The third-order valence-corrected chi connectivity index (χ3v) is 6.28. The van der Waals surface area contributed by atoms with Gasteiger partial charge in [-0.15, -0.1) is 0 Å². The lowest BCUT2D eigenvalue weighted by atomic mass is 10.0. The minimum atomic E-state index is -2.54. The molecule has 0 aromatic carbocycles. The molecule has 200 valence electrons. The molecule has 0 rings (SSSR count). The van der Waals surface area contributed by atoms with E-state index in [1.54, 1.807) is 0 Å². The Morgan fingerprint density at radius 2 is 0.818 bits per heavy atom. The number of carboxylic acid groups (broad SMARTS) is 1. The molecule has 5 nitrogen and oxygen atoms in total. The van der Waals surface area contributed by atoms with Crippen LogP contribution in [0.15, 0.2) is 0 Å². The maximum atomic E-state index is 10.5. The van der Waals surface area contributed by atoms with Crippen LogP contribution < -0.4 is 5.73 Å². The summed E-state index contributed by atoms with van der Waals surface area (Å²) in [6, 6.07) is 0. The number of aliphatic hydroxyl groups is 2. The van der Waals surface area contributed by atoms with Gasteiger partial charge in [-0.25, -0.2) is 4.79 Å². The van der Waals surface area contributed by atoms with E-state index in [-0.39, 0.29) is 6.42 Å². The van der Waals surface area contributed by atoms with Crippen LogP contribution in [-0.2, 0) is 4.79 Å². The van der Waals surface area contributed by atoms with Gasteiger partial charge in [-0.2, -0.15) is 0 Å². The predicted molar refractivity (Wildman–Crippen MR) is 141 cm³/mol. The van der Waals surface area contributed by atoms with Gasteiger partial charge in [-0.1, -0.05) is 142 Å². The summed E-state index contributed by atoms with van der Waals surface area (Å²) in [4.78, 5) is 10.5. The van der Waals surface area contributed by atoms with E-state index in [0.717, 1.165) is 25.8 Å². The summed E-state index contributed by atoms with van der Waals surface area (Å²) >= 11 is 0. The van der Waals surface area contributed by atoms with Crippen molar-refractivity contribution in [2.24, 2.45) is 5.73 Å². The van der Waals surface area contributed by atoms with Gasteiger partial charge < -0.3 is 21.1 Å². The van der Waals surface area contributed by atoms with Crippen molar-refractivity contribution in [3.8, 4) is 0 Å². The van der Waals surface area contributed by atoms with E-state index >= 15 is 0 Å². The summed E-state index contributed by atoms with van der Waals surface area (Å²) in [5.74, 6) is -4.10. The van der Waals surface area contributed by atoms with Crippen LogP contribution in [0.1, 0.15) is 162 Å². The molecule has 0 aliphatic rings. The van der Waals surface area contributed by atoms with Crippen LogP contribution in [0.5, 0.6) is 0 Å². The molecule has 0 heterocycles. The SMILES string of the molecule is CCCCCCCCCCCCCCCCC(O)(O)C(=O)O.CCCCCCCCCCN. The number of carbonyl (C=O) groups is 1. The van der Waals surface area contributed by atoms with Crippen LogP contribution in [0.3, 0.4) is 0 Å². The van der Waals surface area contributed by atoms with Gasteiger partial charge in [-0.3, -0.25) is 0 Å². The molecule has 0 aliphatic heterocycles. The zero-order valence-corrected chi connectivity index (χ0v) is 22.3. The zero-order valence-electron chi connectivity index (χ0n) is 22.3. The highest BCUT2D eigenvalue weighted by molar-refractivity contribution is 5.74. The lowest BCUT2D eigenvalue weighted by molar-refractivity contribution is -0.205. The minimum absolute atomic E-state index is 0.0830. The summed E-state index contributed by atoms with van der Waals surface area (Å²) in [7, 11) is 0. The third-order valence-electron chi connectivity index (χ3n) is 6.28. The van der Waals surface area contributed by atoms with E-state index in [1.807, 2.05) is 0 Å². The third kappa shape index (κ3) is 29.3. The first-order valence-electron chi connectivity index (χ1n) is 14.3. The highest BCUT2D eigenvalue weighted by Gasteiger charge is 2.31. The zero-order chi connectivity index (χ0) is 25.0. The van der Waals surface area contributed by atoms with Crippen molar-refractivity contribution in [1.29, 1.82) is 0 Å². The normalized spacial score (nSPS) is 11.3. The molecule has 0 saturated carbocycles. The molecule has 0 aromatic rings. The molecular weight excluding hydrogens is 414 g/mol. The number of nitrogens with two attached hydrogens (primary N) is 1. The van der Waals surface area contributed by atoms with Gasteiger partial charge in [0.25, 0.3) is 5.79 Å². The highest BCUT2D eigenvalue weighted by atomic mass is 16.5. The van der Waals surface area contributed by atoms with Crippen molar-refractivity contribution in [1.82, 2.24) is 0 Å². The molecule has 0 aliphatic carbocycles. The van der Waals surface area contributed by atoms with Crippen molar-refractivity contribution in [2.75, 3.05) is 6.54 Å². The summed E-state index contributed by atoms with van der Waals surface area (Å²) in [6.45, 7) is 5.37. The fourth-order valence-corrected chi connectivity index (χ4v) is 3.95. The molecule has 33 heavy (non-hydrogen) atoms. The first-order chi connectivity index (χ1) is 15.9. The topological polar surface area (TPSA) is 104 Å². The Hall–Kier alpha value is -0.650. The summed E-state index contributed by atoms with van der Waals surface area (Å²) in [5.41, 5.74) is 5.39. The maximum Gasteiger partial charge on any atom is 0.364 e. The molecule has 0 spiro atoms. The minimum Gasteiger partial charge on any atom is -0.477 e. The average Bonchev–Trinajstić information content (AvgIpc) is 2.79. The average molecular weight is 474 g/mol. The number of unbranched alkanes of at least 4 members (excludes halogenated alkanes) is 20. The molecular formula is C28H59NO4. The Morgan fingerprint density at radius 1 is 0.545 bits per heavy atom. The first-order valence-corrected chi connectivity index (χ1v) is 14.3. The van der Waals surface area contributed by atoms with E-state index in [2.05, 4.69) is 13.8 Å². The number of hydrogen-bond acceptors (Lipinski definition) is 4. The highest BCUT2D eigenvalue weighted by Crippen LogP contribution is 2.16. The quantitative estimate of drug-likeness (QED) is 0.0848. The van der Waals surface area contributed by atoms with E-state index in [1.165, 1.54) is 116 Å². The standard InChI is InChI=1S/C18H36O4.C10H23N/c1-2-3-4-5-6-7-8-9-10-11-12-13-14-15-16-18(21,22)17(19)20;1-2-3-4-5-6-7-8-9-10-11/h21-22H,2-16H2,1H3,(H,19,20);2-11H2,1H3. The molecule has 0 bridgehead atoms. The fourth-order valence-electron chi connectivity index (χ4n) is 3.95. The Morgan fingerprint density at radius 3 is 1.09 bits per heavy atom. The van der Waals surface area contributed by atoms with Gasteiger partial charge in [0, 0.05) is 6.42 Å². The van der Waals surface area contributed by atoms with Gasteiger partial charge in [-0.05, 0) is 19.4 Å². The van der Waals surface area contributed by atoms with Gasteiger partial charge >= 0.3 is 5.97 Å². The molecule has 0 aromatic heterocycles. The van der Waals surface area contributed by atoms with Crippen molar-refractivity contribution < 1.29 is 20.1 Å². The van der Waals surface area contributed by atoms with Gasteiger partial charge in [0.15, 0.2) is 0 Å². The lowest BCUT2D eigenvalue weighted by Crippen LogP contribution is -2.37. The van der Waals surface area contributed by atoms with Crippen molar-refractivity contribution in [3.05, 3.63) is 0 Å². The maximum absolute atomic E-state index is 10.5. The monoisotopic (exact) mass is 473 g/mol. The first kappa shape index (κ1) is 34.5. The van der Waals surface area contributed by atoms with Gasteiger partial charge in [0.05, 0.1) is 0 Å². The Bertz CT molecular complexity index is 380. The van der Waals surface area contributed by atoms with Crippen molar-refractivity contribution in [2.45, 2.75) is 167 Å². The van der Waals surface area contributed by atoms with E-state index < -0.39 is 11.8 Å². The molecule has 5 N–H and O–H groups in total. The van der Waals surface area contributed by atoms with Crippen LogP contribution in [0.2, 0.25) is 0 Å². The summed E-state index contributed by atoms with van der Waals surface area (Å²) in [6.07, 6.45) is 27.9. The number of rotatable bonds is 24. The number of hydrogen-bond donors (Lipinski definition) is 4. The van der Waals surface area contributed by atoms with Crippen LogP contribution in [0.4, 0.5) is 0 Å². The van der Waals surface area contributed by atoms with E-state index in [9.17, 15) is 4.79 Å². The molecule has 0 fully saturated rings. The number of aliphatic carboxylic acids is 1. The summed E-state index contributed by atoms with van der Waals surface area (Å²) in [5, 5.41) is 26.8. The van der Waals surface area contributed by atoms with Crippen molar-refractivity contribution >= 4 is 5.97 Å². The number of carboxylic acids is 1. The fraction of sp³-hybridized carbons (Fsp3) is 0.964. The van der Waals surface area contributed by atoms with Crippen LogP contribution in [0.25, 0.3) is 0 Å². The van der Waals surface area contributed by atoms with Gasteiger partial charge in [0.1, 0.15) is 0 Å². The summed E-state index contributed by atoms with van der Waals surface area (Å²) < 4.78 is 0. The van der Waals surface area contributed by atoms with Crippen LogP contribution in [-0.4, -0.2) is 33.6 Å². The molecule has 5 heteroatoms. The van der Waals surface area contributed by atoms with E-state index in [4.69, 9.17) is 21.1 Å². The smallest absolute Gasteiger partial charge is 0.364 e. The molecule has 0 radical (unpaired) electrons. The molecule has 0 saturated heterocycles. The second-order valence-electron chi connectivity index (χ2n) is 9.73. The Kier molecular flexibility index (Phi) is 28.9. The molecule has 0 unspecified atom stereocenters. The molecule has 0 amide bonds. The largest absolute Gasteiger partial charge is 0.477 e. The van der Waals surface area contributed by atoms with Crippen LogP contribution >= 0.6 is 0 Å². The second kappa shape index (κ2) is 27.6. The van der Waals surface area contributed by atoms with Crippen LogP contribution in [0, 0.1) is 0 Å². The Labute approximate surface area is 205 Å². The Balaban J connectivity index is 0. The van der Waals surface area contributed by atoms with Gasteiger partial charge in [0.2, 0.25) is 0 Å². The van der Waals surface area contributed by atoms with E-state index in [0.29, 0.717) is 6.42 Å². The lowest BCUT2D eigenvalue weighted by Gasteiger charge is -2.15. The predicted octanol–water partition coefficient (Wildman–Crippen LogP) is 7.71. The second-order valence-corrected chi connectivity index (χ2v) is 9.73. The van der Waals surface area contributed by atoms with Crippen molar-refractivity contribution in [3.63, 3.8) is 0 Å². The molecule has 0 atom stereocenters.